The van der Waals surface area contributed by atoms with Crippen LogP contribution < -0.4 is 10.2 Å². The molecule has 1 aliphatic heterocycles. The van der Waals surface area contributed by atoms with Gasteiger partial charge in [0, 0.05) is 43.8 Å². The summed E-state index contributed by atoms with van der Waals surface area (Å²) in [7, 11) is 0. The molecule has 1 aromatic heterocycles. The maximum atomic E-state index is 11.6. The molecular formula is C16H19N3O8. The highest BCUT2D eigenvalue weighted by Crippen LogP contribution is 2.18. The van der Waals surface area contributed by atoms with Gasteiger partial charge in [-0.05, 0) is 0 Å². The number of ether oxygens (including phenoxy) is 1. The first kappa shape index (κ1) is 20.0. The van der Waals surface area contributed by atoms with E-state index in [-0.39, 0.29) is 45.1 Å². The molecule has 11 heteroatoms. The third kappa shape index (κ3) is 5.85. The Morgan fingerprint density at radius 2 is 1.63 bits per heavy atom. The summed E-state index contributed by atoms with van der Waals surface area (Å²) in [5, 5.41) is 21.2. The van der Waals surface area contributed by atoms with Crippen LogP contribution in [0.4, 0.5) is 0 Å². The van der Waals surface area contributed by atoms with Crippen molar-refractivity contribution >= 4 is 23.7 Å². The predicted molar refractivity (Wildman–Crippen MR) is 88.3 cm³/mol. The van der Waals surface area contributed by atoms with Crippen LogP contribution in [-0.4, -0.2) is 69.8 Å². The first-order valence-corrected chi connectivity index (χ1v) is 8.07. The van der Waals surface area contributed by atoms with Gasteiger partial charge in [-0.15, -0.1) is 4.73 Å². The molecule has 0 spiro atoms. The summed E-state index contributed by atoms with van der Waals surface area (Å²) in [6.07, 6.45) is 2.16. The van der Waals surface area contributed by atoms with Crippen LogP contribution in [0.5, 0.6) is 11.8 Å². The van der Waals surface area contributed by atoms with Gasteiger partial charge in [-0.3, -0.25) is 19.3 Å². The summed E-state index contributed by atoms with van der Waals surface area (Å²) in [6.45, 7) is 0.345. The lowest BCUT2D eigenvalue weighted by molar-refractivity contribution is -0.146. The summed E-state index contributed by atoms with van der Waals surface area (Å²) in [5.41, 5.74) is 0. The fraction of sp³-hybridized carbons (Fsp3) is 0.375. The minimum atomic E-state index is -0.727. The highest BCUT2D eigenvalue weighted by atomic mass is 16.7. The molecule has 2 rings (SSSR count). The number of nitrogens with zero attached hydrogens (tertiary/aromatic N) is 2. The fourth-order valence-corrected chi connectivity index (χ4v) is 2.12. The van der Waals surface area contributed by atoms with E-state index in [1.54, 1.807) is 0 Å². The quantitative estimate of drug-likeness (QED) is 0.334. The number of aromatic nitrogens is 1. The van der Waals surface area contributed by atoms with Crippen LogP contribution in [0.3, 0.4) is 0 Å². The Morgan fingerprint density at radius 3 is 2.26 bits per heavy atom. The van der Waals surface area contributed by atoms with E-state index in [0.29, 0.717) is 4.73 Å². The van der Waals surface area contributed by atoms with Crippen molar-refractivity contribution in [3.8, 4) is 11.8 Å². The van der Waals surface area contributed by atoms with E-state index >= 15 is 0 Å². The van der Waals surface area contributed by atoms with E-state index in [9.17, 15) is 29.4 Å². The molecule has 0 unspecified atom stereocenters. The number of nitrogens with one attached hydrogen (secondary N) is 1. The van der Waals surface area contributed by atoms with Gasteiger partial charge in [-0.2, -0.15) is 0 Å². The molecule has 0 saturated carbocycles. The van der Waals surface area contributed by atoms with Crippen LogP contribution >= 0.6 is 0 Å². The molecule has 0 fully saturated rings. The zero-order valence-electron chi connectivity index (χ0n) is 14.3. The summed E-state index contributed by atoms with van der Waals surface area (Å²) < 4.78 is 5.75. The third-order valence-corrected chi connectivity index (χ3v) is 3.47. The molecule has 3 N–H and O–H groups in total. The molecule has 27 heavy (non-hydrogen) atoms. The van der Waals surface area contributed by atoms with E-state index < -0.39 is 29.5 Å². The van der Waals surface area contributed by atoms with Crippen molar-refractivity contribution < 1.29 is 39.0 Å². The lowest BCUT2D eigenvalue weighted by atomic mass is 10.3. The van der Waals surface area contributed by atoms with Gasteiger partial charge in [0.05, 0.1) is 19.6 Å². The number of rotatable bonds is 10. The van der Waals surface area contributed by atoms with E-state index in [0.717, 1.165) is 29.2 Å². The van der Waals surface area contributed by atoms with Crippen LogP contribution in [0.2, 0.25) is 0 Å². The molecule has 2 heterocycles. The topological polar surface area (TPSA) is 147 Å². The second-order valence-electron chi connectivity index (χ2n) is 5.43. The van der Waals surface area contributed by atoms with Gasteiger partial charge in [0.1, 0.15) is 0 Å². The Labute approximate surface area is 153 Å². The van der Waals surface area contributed by atoms with E-state index in [2.05, 4.69) is 5.32 Å². The van der Waals surface area contributed by atoms with Gasteiger partial charge in [0.2, 0.25) is 17.7 Å². The smallest absolute Gasteiger partial charge is 0.335 e. The zero-order chi connectivity index (χ0) is 19.8. The zero-order valence-corrected chi connectivity index (χ0v) is 14.3. The average molecular weight is 381 g/mol. The SMILES string of the molecule is O=C(CCN1C(=O)C=CC1=O)NCCOCCC(=O)On1c(O)ccc1O. The largest absolute Gasteiger partial charge is 0.492 e. The van der Waals surface area contributed by atoms with Crippen LogP contribution in [0.15, 0.2) is 24.3 Å². The molecule has 146 valence electrons. The Bertz CT molecular complexity index is 717. The minimum Gasteiger partial charge on any atom is -0.492 e. The average Bonchev–Trinajstić information content (AvgIpc) is 3.12. The molecule has 0 atom stereocenters. The molecule has 0 bridgehead atoms. The highest BCUT2D eigenvalue weighted by Gasteiger charge is 2.23. The van der Waals surface area contributed by atoms with Crippen LogP contribution in [0.1, 0.15) is 12.8 Å². The van der Waals surface area contributed by atoms with Gasteiger partial charge >= 0.3 is 5.97 Å². The van der Waals surface area contributed by atoms with Crippen molar-refractivity contribution in [2.45, 2.75) is 12.8 Å². The van der Waals surface area contributed by atoms with Crippen molar-refractivity contribution in [2.75, 3.05) is 26.3 Å². The number of amides is 3. The van der Waals surface area contributed by atoms with Gasteiger partial charge in [-0.25, -0.2) is 4.79 Å². The molecule has 1 aliphatic rings. The Balaban J connectivity index is 1.51. The molecule has 0 aliphatic carbocycles. The highest BCUT2D eigenvalue weighted by molar-refractivity contribution is 6.13. The second kappa shape index (κ2) is 9.38. The lowest BCUT2D eigenvalue weighted by Crippen LogP contribution is -2.35. The molecule has 0 radical (unpaired) electrons. The summed E-state index contributed by atoms with van der Waals surface area (Å²) in [4.78, 5) is 51.5. The van der Waals surface area contributed by atoms with Crippen molar-refractivity contribution in [2.24, 2.45) is 0 Å². The molecule has 11 nitrogen and oxygen atoms in total. The van der Waals surface area contributed by atoms with Gasteiger partial charge in [0.25, 0.3) is 11.8 Å². The Morgan fingerprint density at radius 1 is 1.00 bits per heavy atom. The summed E-state index contributed by atoms with van der Waals surface area (Å²) in [6, 6.07) is 2.32. The number of carbonyl (C=O) groups excluding carboxylic acids is 4. The molecule has 0 aromatic carbocycles. The monoisotopic (exact) mass is 381 g/mol. The number of carbonyl (C=O) groups is 4. The van der Waals surface area contributed by atoms with Gasteiger partial charge in [0.15, 0.2) is 0 Å². The molecular weight excluding hydrogens is 362 g/mol. The molecule has 0 saturated heterocycles. The van der Waals surface area contributed by atoms with Crippen LogP contribution in [-0.2, 0) is 23.9 Å². The lowest BCUT2D eigenvalue weighted by Gasteiger charge is -2.13. The summed E-state index contributed by atoms with van der Waals surface area (Å²) >= 11 is 0. The van der Waals surface area contributed by atoms with Crippen molar-refractivity contribution in [1.29, 1.82) is 0 Å². The number of hydrogen-bond donors (Lipinski definition) is 3. The molecule has 1 aromatic rings. The third-order valence-electron chi connectivity index (χ3n) is 3.47. The minimum absolute atomic E-state index is 0.00226. The van der Waals surface area contributed by atoms with Crippen molar-refractivity contribution in [3.63, 3.8) is 0 Å². The predicted octanol–water partition coefficient (Wildman–Crippen LogP) is -1.31. The normalized spacial score (nSPS) is 13.3. The first-order valence-electron chi connectivity index (χ1n) is 8.07. The Hall–Kier alpha value is -3.34. The second-order valence-corrected chi connectivity index (χ2v) is 5.43. The molecule has 3 amide bonds. The van der Waals surface area contributed by atoms with E-state index in [4.69, 9.17) is 9.57 Å². The van der Waals surface area contributed by atoms with Crippen LogP contribution in [0.25, 0.3) is 0 Å². The number of aromatic hydroxyl groups is 2. The standard InChI is InChI=1S/C16H19N3O8/c20-11(5-8-18-12(21)1-2-13(18)22)17-7-10-26-9-6-16(25)27-19-14(23)3-4-15(19)24/h1-4,23-24H,5-10H2,(H,17,20). The van der Waals surface area contributed by atoms with Gasteiger partial charge < -0.3 is 25.1 Å². The number of hydrogen-bond acceptors (Lipinski definition) is 8. The van der Waals surface area contributed by atoms with Gasteiger partial charge in [-0.1, -0.05) is 0 Å². The Kier molecular flexibility index (Phi) is 6.94. The maximum absolute atomic E-state index is 11.6. The van der Waals surface area contributed by atoms with E-state index in [1.807, 2.05) is 0 Å². The van der Waals surface area contributed by atoms with Crippen molar-refractivity contribution in [1.82, 2.24) is 14.9 Å². The first-order chi connectivity index (χ1) is 12.9. The van der Waals surface area contributed by atoms with Crippen LogP contribution in [0, 0.1) is 0 Å². The fourth-order valence-electron chi connectivity index (χ4n) is 2.12. The maximum Gasteiger partial charge on any atom is 0.335 e. The summed E-state index contributed by atoms with van der Waals surface area (Å²) in [5.74, 6) is -2.79. The van der Waals surface area contributed by atoms with E-state index in [1.165, 1.54) is 0 Å². The number of imide groups is 1. The van der Waals surface area contributed by atoms with Crippen molar-refractivity contribution in [3.05, 3.63) is 24.3 Å².